The summed E-state index contributed by atoms with van der Waals surface area (Å²) in [4.78, 5) is 68.3. The van der Waals surface area contributed by atoms with Gasteiger partial charge in [-0.2, -0.15) is 0 Å². The number of ketones is 1. The van der Waals surface area contributed by atoms with E-state index < -0.39 is 35.6 Å². The van der Waals surface area contributed by atoms with Crippen LogP contribution in [0.25, 0.3) is 10.9 Å². The molecule has 1 aliphatic carbocycles. The van der Waals surface area contributed by atoms with Crippen molar-refractivity contribution in [1.29, 1.82) is 0 Å². The number of amides is 4. The lowest BCUT2D eigenvalue weighted by Gasteiger charge is -2.31. The fraction of sp³-hybridized carbons (Fsp3) is 0.500. The molecule has 11 heteroatoms. The van der Waals surface area contributed by atoms with Crippen LogP contribution in [0.15, 0.2) is 24.3 Å². The first-order chi connectivity index (χ1) is 17.5. The minimum absolute atomic E-state index is 0.0285. The van der Waals surface area contributed by atoms with Crippen molar-refractivity contribution >= 4 is 40.3 Å². The van der Waals surface area contributed by atoms with E-state index in [1.807, 2.05) is 26.0 Å². The number of likely N-dealkylation sites (tertiary alicyclic amines) is 1. The van der Waals surface area contributed by atoms with E-state index in [1.54, 1.807) is 19.2 Å². The third-order valence-corrected chi connectivity index (χ3v) is 8.37. The maximum atomic E-state index is 13.6. The van der Waals surface area contributed by atoms with Crippen LogP contribution in [-0.4, -0.2) is 71.6 Å². The second kappa shape index (κ2) is 8.89. The Labute approximate surface area is 213 Å². The lowest BCUT2D eigenvalue weighted by molar-refractivity contribution is -0.139. The molecule has 196 valence electrons. The van der Waals surface area contributed by atoms with Gasteiger partial charge in [0.2, 0.25) is 17.6 Å². The van der Waals surface area contributed by atoms with Gasteiger partial charge in [0.05, 0.1) is 13.2 Å². The van der Waals surface area contributed by atoms with Gasteiger partial charge >= 0.3 is 0 Å². The van der Waals surface area contributed by atoms with Crippen LogP contribution in [0.2, 0.25) is 0 Å². The van der Waals surface area contributed by atoms with E-state index in [0.717, 1.165) is 10.9 Å². The number of benzene rings is 1. The number of H-pyrrole nitrogens is 1. The van der Waals surface area contributed by atoms with Crippen LogP contribution in [0.4, 0.5) is 0 Å². The molecule has 5 atom stereocenters. The highest BCUT2D eigenvalue weighted by molar-refractivity contribution is 6.38. The topological polar surface area (TPSA) is 164 Å². The summed E-state index contributed by atoms with van der Waals surface area (Å²) in [6.45, 7) is 4.95. The summed E-state index contributed by atoms with van der Waals surface area (Å²) < 4.78 is 5.40. The first kappa shape index (κ1) is 24.8. The van der Waals surface area contributed by atoms with Gasteiger partial charge in [0.1, 0.15) is 17.5 Å². The van der Waals surface area contributed by atoms with Gasteiger partial charge in [-0.25, -0.2) is 0 Å². The van der Waals surface area contributed by atoms with Crippen molar-refractivity contribution in [2.45, 2.75) is 38.8 Å². The monoisotopic (exact) mass is 509 g/mol. The number of carbonyl (C=O) groups is 5. The fourth-order valence-electron chi connectivity index (χ4n) is 6.19. The molecular formula is C26H31N5O6. The summed E-state index contributed by atoms with van der Waals surface area (Å²) >= 11 is 0. The number of hydrogen-bond acceptors (Lipinski definition) is 6. The van der Waals surface area contributed by atoms with Crippen molar-refractivity contribution in [3.8, 4) is 5.75 Å². The van der Waals surface area contributed by atoms with E-state index in [9.17, 15) is 24.0 Å². The number of hydrogen-bond donors (Lipinski definition) is 4. The molecule has 0 unspecified atom stereocenters. The Morgan fingerprint density at radius 1 is 1.27 bits per heavy atom. The minimum atomic E-state index is -1.24. The highest BCUT2D eigenvalue weighted by Gasteiger charge is 2.69. The van der Waals surface area contributed by atoms with Crippen LogP contribution in [0.3, 0.4) is 0 Å². The zero-order valence-corrected chi connectivity index (χ0v) is 21.0. The van der Waals surface area contributed by atoms with Crippen LogP contribution < -0.4 is 21.1 Å². The first-order valence-corrected chi connectivity index (χ1v) is 12.4. The number of fused-ring (bicyclic) bond motifs is 2. The number of ether oxygens (including phenoxy) is 1. The average Bonchev–Trinajstić information content (AvgIpc) is 3.38. The van der Waals surface area contributed by atoms with Gasteiger partial charge in [0.15, 0.2) is 0 Å². The number of rotatable bonds is 8. The summed E-state index contributed by atoms with van der Waals surface area (Å²) in [7, 11) is 1.55. The largest absolute Gasteiger partial charge is 0.496 e. The quantitative estimate of drug-likeness (QED) is 0.375. The zero-order chi connectivity index (χ0) is 26.6. The molecule has 0 radical (unpaired) electrons. The van der Waals surface area contributed by atoms with Crippen molar-refractivity contribution in [2.75, 3.05) is 20.2 Å². The van der Waals surface area contributed by atoms with Gasteiger partial charge in [0, 0.05) is 29.9 Å². The number of piperidine rings is 1. The van der Waals surface area contributed by atoms with E-state index in [4.69, 9.17) is 10.5 Å². The summed E-state index contributed by atoms with van der Waals surface area (Å²) in [5.41, 5.74) is 6.15. The molecule has 4 amide bonds. The Bertz CT molecular complexity index is 1320. The molecule has 37 heavy (non-hydrogen) atoms. The molecule has 1 aromatic carbocycles. The van der Waals surface area contributed by atoms with Gasteiger partial charge in [0.25, 0.3) is 11.8 Å². The molecule has 0 bridgehead atoms. The van der Waals surface area contributed by atoms with Gasteiger partial charge in [-0.05, 0) is 48.3 Å². The Hall–Kier alpha value is -3.89. The van der Waals surface area contributed by atoms with Gasteiger partial charge in [-0.1, -0.05) is 19.9 Å². The number of nitrogens with zero attached hydrogens (tertiary/aromatic N) is 1. The van der Waals surface area contributed by atoms with E-state index in [0.29, 0.717) is 31.0 Å². The van der Waals surface area contributed by atoms with Crippen LogP contribution in [0, 0.1) is 23.2 Å². The second-order valence-electron chi connectivity index (χ2n) is 10.8. The van der Waals surface area contributed by atoms with E-state index in [-0.39, 0.29) is 35.5 Å². The first-order valence-electron chi connectivity index (χ1n) is 12.4. The summed E-state index contributed by atoms with van der Waals surface area (Å²) in [6.07, 6.45) is 0.464. The SMILES string of the molecule is COc1cccc2[nH]c(C(=O)N3C[C@H]4[C@@H]([C@H]3C(=O)N[C@@H](C[C@@H]3CCNC3=O)C(=O)C(N)=O)C4(C)C)cc12. The second-order valence-corrected chi connectivity index (χ2v) is 10.8. The van der Waals surface area contributed by atoms with Crippen LogP contribution in [0.1, 0.15) is 37.2 Å². The molecule has 5 N–H and O–H groups in total. The summed E-state index contributed by atoms with van der Waals surface area (Å²) in [5.74, 6) is -3.11. The van der Waals surface area contributed by atoms with Gasteiger partial charge in [-0.15, -0.1) is 0 Å². The zero-order valence-electron chi connectivity index (χ0n) is 21.0. The normalized spacial score (nSPS) is 26.4. The molecule has 11 nitrogen and oxygen atoms in total. The van der Waals surface area contributed by atoms with Crippen LogP contribution >= 0.6 is 0 Å². The van der Waals surface area contributed by atoms with Crippen LogP contribution in [-0.2, 0) is 19.2 Å². The molecule has 3 aliphatic rings. The molecule has 2 saturated heterocycles. The smallest absolute Gasteiger partial charge is 0.287 e. The van der Waals surface area contributed by atoms with E-state index in [1.165, 1.54) is 4.90 Å². The standard InChI is InChI=1S/C26H31N5O6/c1-26(2)14-11-31(25(36)17-10-13-15(29-17)5-4-6-18(13)37-3)20(19(14)26)24(35)30-16(21(32)22(27)33)9-12-7-8-28-23(12)34/h4-6,10,12,14,16,19-20,29H,7-9,11H2,1-3H3,(H2,27,33)(H,28,34)(H,30,35)/t12-,14-,16-,19-,20-/m0/s1. The molecule has 1 saturated carbocycles. The van der Waals surface area contributed by atoms with E-state index in [2.05, 4.69) is 15.6 Å². The number of aromatic amines is 1. The average molecular weight is 510 g/mol. The highest BCUT2D eigenvalue weighted by Crippen LogP contribution is 2.65. The highest BCUT2D eigenvalue weighted by atomic mass is 16.5. The molecule has 2 aliphatic heterocycles. The summed E-state index contributed by atoms with van der Waals surface area (Å²) in [5, 5.41) is 6.11. The maximum absolute atomic E-state index is 13.6. The third-order valence-electron chi connectivity index (χ3n) is 8.37. The molecule has 2 aromatic rings. The Kier molecular flexibility index (Phi) is 5.96. The Morgan fingerprint density at radius 3 is 2.68 bits per heavy atom. The number of Topliss-reactive ketones (excluding diaryl/α,β-unsaturated/α-hetero) is 1. The van der Waals surface area contributed by atoms with Gasteiger partial charge < -0.3 is 31.0 Å². The molecular weight excluding hydrogens is 478 g/mol. The lowest BCUT2D eigenvalue weighted by atomic mass is 9.94. The number of aromatic nitrogens is 1. The van der Waals surface area contributed by atoms with Crippen molar-refractivity contribution < 1.29 is 28.7 Å². The molecule has 3 heterocycles. The lowest BCUT2D eigenvalue weighted by Crippen LogP contribution is -2.55. The number of nitrogens with one attached hydrogen (secondary N) is 3. The predicted molar refractivity (Wildman–Crippen MR) is 132 cm³/mol. The molecule has 1 aromatic heterocycles. The van der Waals surface area contributed by atoms with Crippen molar-refractivity contribution in [3.05, 3.63) is 30.0 Å². The molecule has 0 spiro atoms. The third kappa shape index (κ3) is 4.11. The summed E-state index contributed by atoms with van der Waals surface area (Å²) in [6, 6.07) is 5.09. The Balaban J connectivity index is 1.41. The van der Waals surface area contributed by atoms with E-state index >= 15 is 0 Å². The van der Waals surface area contributed by atoms with Crippen molar-refractivity contribution in [2.24, 2.45) is 28.9 Å². The van der Waals surface area contributed by atoms with Crippen molar-refractivity contribution in [1.82, 2.24) is 20.5 Å². The number of carbonyl (C=O) groups excluding carboxylic acids is 5. The number of primary amides is 1. The minimum Gasteiger partial charge on any atom is -0.496 e. The number of nitrogens with two attached hydrogens (primary N) is 1. The van der Waals surface area contributed by atoms with Gasteiger partial charge in [-0.3, -0.25) is 24.0 Å². The van der Waals surface area contributed by atoms with Crippen LogP contribution in [0.5, 0.6) is 5.75 Å². The maximum Gasteiger partial charge on any atom is 0.287 e. The van der Waals surface area contributed by atoms with Crippen molar-refractivity contribution in [3.63, 3.8) is 0 Å². The predicted octanol–water partition coefficient (Wildman–Crippen LogP) is 0.339. The Morgan fingerprint density at radius 2 is 2.03 bits per heavy atom. The molecule has 3 fully saturated rings. The molecule has 5 rings (SSSR count). The number of methoxy groups -OCH3 is 1. The fourth-order valence-corrected chi connectivity index (χ4v) is 6.19.